The Morgan fingerprint density at radius 3 is 2.62 bits per heavy atom. The molecule has 0 aliphatic carbocycles. The van der Waals surface area contributed by atoms with Crippen LogP contribution in [0.4, 0.5) is 11.6 Å². The molecule has 0 spiro atoms. The van der Waals surface area contributed by atoms with Crippen molar-refractivity contribution in [3.8, 4) is 11.5 Å². The van der Waals surface area contributed by atoms with Crippen LogP contribution in [0.5, 0.6) is 11.5 Å². The maximum Gasteiger partial charge on any atom is 0.274 e. The number of carbonyl (C=O) groups excluding carboxylic acids is 1. The van der Waals surface area contributed by atoms with E-state index in [4.69, 9.17) is 14.2 Å². The topological polar surface area (TPSA) is 94.6 Å². The molecular formula is C18H24N4O4. The molecule has 8 nitrogen and oxygen atoms in total. The Hall–Kier alpha value is -2.87. The fraction of sp³-hybridized carbons (Fsp3) is 0.389. The lowest BCUT2D eigenvalue weighted by molar-refractivity contribution is 0.102. The van der Waals surface area contributed by atoms with Crippen molar-refractivity contribution in [1.29, 1.82) is 0 Å². The molecule has 0 atom stereocenters. The zero-order chi connectivity index (χ0) is 18.9. The number of benzene rings is 1. The molecule has 0 aliphatic rings. The SMILES string of the molecule is COCCCNc1nc(C)cc(C(=O)Nc2cc(OC)ccc2OC)n1. The maximum atomic E-state index is 12.6. The molecule has 0 saturated carbocycles. The Labute approximate surface area is 152 Å². The molecule has 0 saturated heterocycles. The van der Waals surface area contributed by atoms with Gasteiger partial charge in [-0.1, -0.05) is 0 Å². The molecule has 2 N–H and O–H groups in total. The van der Waals surface area contributed by atoms with Gasteiger partial charge in [0.2, 0.25) is 5.95 Å². The third kappa shape index (κ3) is 5.32. The normalized spacial score (nSPS) is 10.3. The minimum atomic E-state index is -0.359. The Balaban J connectivity index is 2.15. The van der Waals surface area contributed by atoms with Crippen LogP contribution in [-0.2, 0) is 4.74 Å². The first-order valence-electron chi connectivity index (χ1n) is 8.19. The predicted molar refractivity (Wildman–Crippen MR) is 99.3 cm³/mol. The summed E-state index contributed by atoms with van der Waals surface area (Å²) >= 11 is 0. The van der Waals surface area contributed by atoms with Crippen LogP contribution in [0.1, 0.15) is 22.6 Å². The molecule has 1 heterocycles. The van der Waals surface area contributed by atoms with E-state index >= 15 is 0 Å². The highest BCUT2D eigenvalue weighted by Crippen LogP contribution is 2.29. The average molecular weight is 360 g/mol. The second-order valence-electron chi connectivity index (χ2n) is 5.51. The van der Waals surface area contributed by atoms with Gasteiger partial charge in [-0.3, -0.25) is 4.79 Å². The van der Waals surface area contributed by atoms with Gasteiger partial charge in [-0.15, -0.1) is 0 Å². The lowest BCUT2D eigenvalue weighted by atomic mass is 10.2. The summed E-state index contributed by atoms with van der Waals surface area (Å²) in [6.45, 7) is 3.11. The van der Waals surface area contributed by atoms with E-state index in [0.717, 1.165) is 6.42 Å². The highest BCUT2D eigenvalue weighted by Gasteiger charge is 2.14. The van der Waals surface area contributed by atoms with Crippen molar-refractivity contribution >= 4 is 17.5 Å². The van der Waals surface area contributed by atoms with Crippen LogP contribution in [0.3, 0.4) is 0 Å². The molecule has 2 rings (SSSR count). The van der Waals surface area contributed by atoms with E-state index in [1.54, 1.807) is 38.5 Å². The molecule has 1 aromatic carbocycles. The van der Waals surface area contributed by atoms with Crippen molar-refractivity contribution in [2.24, 2.45) is 0 Å². The second-order valence-corrected chi connectivity index (χ2v) is 5.51. The molecule has 0 bridgehead atoms. The van der Waals surface area contributed by atoms with E-state index in [1.807, 2.05) is 6.92 Å². The van der Waals surface area contributed by atoms with Crippen molar-refractivity contribution in [1.82, 2.24) is 9.97 Å². The van der Waals surface area contributed by atoms with Gasteiger partial charge in [0.05, 0.1) is 19.9 Å². The molecule has 26 heavy (non-hydrogen) atoms. The fourth-order valence-electron chi connectivity index (χ4n) is 2.28. The second kappa shape index (κ2) is 9.57. The minimum absolute atomic E-state index is 0.261. The van der Waals surface area contributed by atoms with Gasteiger partial charge in [0.25, 0.3) is 5.91 Å². The van der Waals surface area contributed by atoms with Crippen LogP contribution >= 0.6 is 0 Å². The van der Waals surface area contributed by atoms with Gasteiger partial charge in [0.15, 0.2) is 0 Å². The zero-order valence-electron chi connectivity index (χ0n) is 15.5. The van der Waals surface area contributed by atoms with Gasteiger partial charge in [0.1, 0.15) is 17.2 Å². The van der Waals surface area contributed by atoms with Gasteiger partial charge in [-0.25, -0.2) is 9.97 Å². The first kappa shape index (κ1) is 19.5. The number of rotatable bonds is 9. The molecule has 2 aromatic rings. The lowest BCUT2D eigenvalue weighted by Gasteiger charge is -2.12. The molecule has 8 heteroatoms. The van der Waals surface area contributed by atoms with Gasteiger partial charge in [-0.05, 0) is 31.5 Å². The van der Waals surface area contributed by atoms with Crippen molar-refractivity contribution in [3.63, 3.8) is 0 Å². The third-order valence-electron chi connectivity index (χ3n) is 3.55. The Kier molecular flexibility index (Phi) is 7.16. The van der Waals surface area contributed by atoms with E-state index in [1.165, 1.54) is 7.11 Å². The standard InChI is InChI=1S/C18H24N4O4/c1-12-10-15(22-18(20-12)19-8-5-9-24-2)17(23)21-14-11-13(25-3)6-7-16(14)26-4/h6-7,10-11H,5,8-9H2,1-4H3,(H,21,23)(H,19,20,22). The summed E-state index contributed by atoms with van der Waals surface area (Å²) in [5.74, 6) is 1.19. The molecule has 140 valence electrons. The monoisotopic (exact) mass is 360 g/mol. The van der Waals surface area contributed by atoms with Gasteiger partial charge in [0, 0.05) is 32.0 Å². The summed E-state index contributed by atoms with van der Waals surface area (Å²) in [4.78, 5) is 21.2. The summed E-state index contributed by atoms with van der Waals surface area (Å²) in [6.07, 6.45) is 0.816. The van der Waals surface area contributed by atoms with E-state index in [9.17, 15) is 4.79 Å². The van der Waals surface area contributed by atoms with Crippen LogP contribution in [0.2, 0.25) is 0 Å². The number of hydrogen-bond acceptors (Lipinski definition) is 7. The molecular weight excluding hydrogens is 336 g/mol. The highest BCUT2D eigenvalue weighted by atomic mass is 16.5. The summed E-state index contributed by atoms with van der Waals surface area (Å²) in [7, 11) is 4.75. The number of methoxy groups -OCH3 is 3. The highest BCUT2D eigenvalue weighted by molar-refractivity contribution is 6.04. The number of hydrogen-bond donors (Lipinski definition) is 2. The number of ether oxygens (including phenoxy) is 3. The number of amides is 1. The number of carbonyl (C=O) groups is 1. The van der Waals surface area contributed by atoms with Crippen LogP contribution in [0, 0.1) is 6.92 Å². The Morgan fingerprint density at radius 1 is 1.12 bits per heavy atom. The first-order valence-corrected chi connectivity index (χ1v) is 8.19. The van der Waals surface area contributed by atoms with E-state index < -0.39 is 0 Å². The number of nitrogens with one attached hydrogen (secondary N) is 2. The summed E-state index contributed by atoms with van der Waals surface area (Å²) in [5.41, 5.74) is 1.45. The van der Waals surface area contributed by atoms with Crippen molar-refractivity contribution in [2.75, 3.05) is 45.1 Å². The average Bonchev–Trinajstić information content (AvgIpc) is 2.64. The molecule has 1 aromatic heterocycles. The van der Waals surface area contributed by atoms with Crippen LogP contribution in [0.15, 0.2) is 24.3 Å². The third-order valence-corrected chi connectivity index (χ3v) is 3.55. The smallest absolute Gasteiger partial charge is 0.274 e. The molecule has 1 amide bonds. The lowest BCUT2D eigenvalue weighted by Crippen LogP contribution is -2.17. The van der Waals surface area contributed by atoms with Gasteiger partial charge >= 0.3 is 0 Å². The molecule has 0 radical (unpaired) electrons. The predicted octanol–water partition coefficient (Wildman–Crippen LogP) is 2.50. The number of aryl methyl sites for hydroxylation is 1. The summed E-state index contributed by atoms with van der Waals surface area (Å²) in [5, 5.41) is 5.89. The number of anilines is 2. The quantitative estimate of drug-likeness (QED) is 0.664. The Bertz CT molecular complexity index is 752. The zero-order valence-corrected chi connectivity index (χ0v) is 15.5. The van der Waals surface area contributed by atoms with Crippen molar-refractivity contribution in [2.45, 2.75) is 13.3 Å². The summed E-state index contributed by atoms with van der Waals surface area (Å²) in [6, 6.07) is 6.80. The number of nitrogens with zero attached hydrogens (tertiary/aromatic N) is 2. The van der Waals surface area contributed by atoms with Crippen LogP contribution < -0.4 is 20.1 Å². The summed E-state index contributed by atoms with van der Waals surface area (Å²) < 4.78 is 15.5. The number of aromatic nitrogens is 2. The van der Waals surface area contributed by atoms with E-state index in [0.29, 0.717) is 42.0 Å². The van der Waals surface area contributed by atoms with Gasteiger partial charge in [-0.2, -0.15) is 0 Å². The fourth-order valence-corrected chi connectivity index (χ4v) is 2.28. The molecule has 0 fully saturated rings. The molecule has 0 unspecified atom stereocenters. The Morgan fingerprint density at radius 2 is 1.92 bits per heavy atom. The van der Waals surface area contributed by atoms with E-state index in [-0.39, 0.29) is 11.6 Å². The van der Waals surface area contributed by atoms with Crippen LogP contribution in [0.25, 0.3) is 0 Å². The van der Waals surface area contributed by atoms with Crippen LogP contribution in [-0.4, -0.2) is 50.4 Å². The van der Waals surface area contributed by atoms with Gasteiger partial charge < -0.3 is 24.8 Å². The minimum Gasteiger partial charge on any atom is -0.497 e. The maximum absolute atomic E-state index is 12.6. The first-order chi connectivity index (χ1) is 12.6. The van der Waals surface area contributed by atoms with E-state index in [2.05, 4.69) is 20.6 Å². The largest absolute Gasteiger partial charge is 0.497 e. The molecule has 0 aliphatic heterocycles. The van der Waals surface area contributed by atoms with Crippen molar-refractivity contribution in [3.05, 3.63) is 35.7 Å². The van der Waals surface area contributed by atoms with Crippen molar-refractivity contribution < 1.29 is 19.0 Å².